The number of rotatable bonds is 8. The van der Waals surface area contributed by atoms with Crippen LogP contribution in [0, 0.1) is 6.92 Å². The van der Waals surface area contributed by atoms with E-state index in [2.05, 4.69) is 5.32 Å². The molecule has 3 aromatic carbocycles. The number of fused-ring (bicyclic) bond motifs is 1. The molecule has 1 aromatic heterocycles. The number of esters is 1. The monoisotopic (exact) mass is 505 g/mol. The van der Waals surface area contributed by atoms with E-state index < -0.39 is 23.6 Å². The molecule has 1 amide bonds. The fourth-order valence-corrected chi connectivity index (χ4v) is 3.78. The molecule has 4 rings (SSSR count). The molecule has 4 aromatic rings. The molecule has 0 bridgehead atoms. The number of hydrogen-bond acceptors (Lipinski definition) is 6. The van der Waals surface area contributed by atoms with Gasteiger partial charge in [-0.15, -0.1) is 0 Å². The summed E-state index contributed by atoms with van der Waals surface area (Å²) in [5, 5.41) is 3.83. The van der Waals surface area contributed by atoms with Crippen molar-refractivity contribution in [1.29, 1.82) is 0 Å². The molecule has 0 aliphatic heterocycles. The largest absolute Gasteiger partial charge is 0.479 e. The molecule has 184 valence electrons. The molecule has 8 heteroatoms. The first-order valence-electron chi connectivity index (χ1n) is 11.3. The van der Waals surface area contributed by atoms with Crippen LogP contribution in [0.1, 0.15) is 28.4 Å². The van der Waals surface area contributed by atoms with Crippen molar-refractivity contribution in [2.45, 2.75) is 26.4 Å². The summed E-state index contributed by atoms with van der Waals surface area (Å²) in [5.41, 5.74) is 1.18. The molecule has 0 fully saturated rings. The maximum Gasteiger partial charge on any atom is 0.352 e. The average Bonchev–Trinajstić information content (AvgIpc) is 2.85. The summed E-state index contributed by atoms with van der Waals surface area (Å²) in [6, 6.07) is 20.8. The van der Waals surface area contributed by atoms with Crippen LogP contribution in [-0.4, -0.2) is 24.5 Å². The van der Waals surface area contributed by atoms with E-state index in [0.29, 0.717) is 29.1 Å². The van der Waals surface area contributed by atoms with Crippen molar-refractivity contribution in [1.82, 2.24) is 5.32 Å². The normalized spacial score (nSPS) is 11.6. The maximum absolute atomic E-state index is 12.5. The van der Waals surface area contributed by atoms with Crippen LogP contribution in [0.3, 0.4) is 0 Å². The van der Waals surface area contributed by atoms with Gasteiger partial charge in [0.15, 0.2) is 6.10 Å². The Morgan fingerprint density at radius 1 is 1.03 bits per heavy atom. The first kappa shape index (κ1) is 25.0. The number of ether oxygens (including phenoxy) is 2. The molecule has 0 spiro atoms. The van der Waals surface area contributed by atoms with Crippen LogP contribution < -0.4 is 20.4 Å². The summed E-state index contributed by atoms with van der Waals surface area (Å²) < 4.78 is 16.4. The second-order valence-corrected chi connectivity index (χ2v) is 8.67. The molecule has 1 heterocycles. The zero-order valence-corrected chi connectivity index (χ0v) is 20.5. The van der Waals surface area contributed by atoms with E-state index in [1.165, 1.54) is 12.1 Å². The standard InChI is InChI=1S/C28H24ClNO6/c1-17-14-21(29)9-11-24(17)34-18(2)27(32)35-22-10-8-20-15-23(28(33)36-25(20)16-22)26(31)30-13-12-19-6-4-3-5-7-19/h3-11,14-16,18H,12-13H2,1-2H3,(H,30,31). The van der Waals surface area contributed by atoms with Gasteiger partial charge in [-0.05, 0) is 67.8 Å². The van der Waals surface area contributed by atoms with Crippen LogP contribution in [0.2, 0.25) is 5.02 Å². The number of carbonyl (C=O) groups excluding carboxylic acids is 2. The second kappa shape index (κ2) is 11.1. The predicted molar refractivity (Wildman–Crippen MR) is 137 cm³/mol. The van der Waals surface area contributed by atoms with Crippen molar-refractivity contribution in [3.05, 3.63) is 105 Å². The Bertz CT molecular complexity index is 1460. The first-order chi connectivity index (χ1) is 17.3. The van der Waals surface area contributed by atoms with E-state index in [9.17, 15) is 14.4 Å². The SMILES string of the molecule is Cc1cc(Cl)ccc1OC(C)C(=O)Oc1ccc2cc(C(=O)NCCc3ccccc3)c(=O)oc2c1. The third-order valence-corrected chi connectivity index (χ3v) is 5.72. The highest BCUT2D eigenvalue weighted by molar-refractivity contribution is 6.30. The third-order valence-electron chi connectivity index (χ3n) is 5.49. The van der Waals surface area contributed by atoms with Gasteiger partial charge in [-0.25, -0.2) is 9.59 Å². The first-order valence-corrected chi connectivity index (χ1v) is 11.7. The Hall–Kier alpha value is -4.10. The topological polar surface area (TPSA) is 94.8 Å². The summed E-state index contributed by atoms with van der Waals surface area (Å²) in [6.07, 6.45) is -0.255. The van der Waals surface area contributed by atoms with Gasteiger partial charge in [0.05, 0.1) is 0 Å². The zero-order valence-electron chi connectivity index (χ0n) is 19.7. The number of halogens is 1. The molecule has 1 atom stereocenters. The minimum Gasteiger partial charge on any atom is -0.479 e. The number of nitrogens with one attached hydrogen (secondary N) is 1. The van der Waals surface area contributed by atoms with E-state index in [1.54, 1.807) is 37.3 Å². The number of carbonyl (C=O) groups is 2. The minimum atomic E-state index is -0.894. The van der Waals surface area contributed by atoms with Crippen molar-refractivity contribution in [3.8, 4) is 11.5 Å². The molecule has 0 saturated heterocycles. The van der Waals surface area contributed by atoms with Crippen molar-refractivity contribution in [2.24, 2.45) is 0 Å². The van der Waals surface area contributed by atoms with E-state index in [1.807, 2.05) is 37.3 Å². The van der Waals surface area contributed by atoms with Gasteiger partial charge in [0.1, 0.15) is 22.6 Å². The van der Waals surface area contributed by atoms with Crippen molar-refractivity contribution in [3.63, 3.8) is 0 Å². The maximum atomic E-state index is 12.5. The van der Waals surface area contributed by atoms with Gasteiger partial charge in [-0.3, -0.25) is 4.79 Å². The van der Waals surface area contributed by atoms with Crippen LogP contribution in [-0.2, 0) is 11.2 Å². The Balaban J connectivity index is 1.41. The molecular weight excluding hydrogens is 482 g/mol. The van der Waals surface area contributed by atoms with Gasteiger partial charge in [0.25, 0.3) is 5.91 Å². The number of amides is 1. The van der Waals surface area contributed by atoms with Gasteiger partial charge >= 0.3 is 11.6 Å². The summed E-state index contributed by atoms with van der Waals surface area (Å²) in [5.74, 6) is -0.442. The molecule has 0 radical (unpaired) electrons. The van der Waals surface area contributed by atoms with Gasteiger partial charge in [-0.1, -0.05) is 41.9 Å². The van der Waals surface area contributed by atoms with Crippen LogP contribution >= 0.6 is 11.6 Å². The Labute approximate surface area is 212 Å². The van der Waals surface area contributed by atoms with Gasteiger partial charge in [0, 0.05) is 23.0 Å². The molecule has 36 heavy (non-hydrogen) atoms. The highest BCUT2D eigenvalue weighted by Crippen LogP contribution is 2.24. The molecule has 1 N–H and O–H groups in total. The summed E-state index contributed by atoms with van der Waals surface area (Å²) in [4.78, 5) is 37.5. The molecular formula is C28H24ClNO6. The lowest BCUT2D eigenvalue weighted by molar-refractivity contribution is -0.141. The molecule has 7 nitrogen and oxygen atoms in total. The van der Waals surface area contributed by atoms with Crippen LogP contribution in [0.15, 0.2) is 82.0 Å². The van der Waals surface area contributed by atoms with Crippen LogP contribution in [0.25, 0.3) is 11.0 Å². The highest BCUT2D eigenvalue weighted by atomic mass is 35.5. The van der Waals surface area contributed by atoms with E-state index in [-0.39, 0.29) is 16.9 Å². The quantitative estimate of drug-likeness (QED) is 0.203. The summed E-state index contributed by atoms with van der Waals surface area (Å²) in [6.45, 7) is 3.77. The Morgan fingerprint density at radius 2 is 1.81 bits per heavy atom. The van der Waals surface area contributed by atoms with Crippen LogP contribution in [0.4, 0.5) is 0 Å². The summed E-state index contributed by atoms with van der Waals surface area (Å²) in [7, 11) is 0. The minimum absolute atomic E-state index is 0.0966. The third kappa shape index (κ3) is 6.12. The van der Waals surface area contributed by atoms with E-state index >= 15 is 0 Å². The predicted octanol–water partition coefficient (Wildman–Crippen LogP) is 5.10. The zero-order chi connectivity index (χ0) is 25.7. The Kier molecular flexibility index (Phi) is 7.71. The lowest BCUT2D eigenvalue weighted by Crippen LogP contribution is -2.30. The highest BCUT2D eigenvalue weighted by Gasteiger charge is 2.19. The van der Waals surface area contributed by atoms with Crippen LogP contribution in [0.5, 0.6) is 11.5 Å². The number of benzene rings is 3. The summed E-state index contributed by atoms with van der Waals surface area (Å²) >= 11 is 5.95. The van der Waals surface area contributed by atoms with Gasteiger partial charge < -0.3 is 19.2 Å². The van der Waals surface area contributed by atoms with Crippen molar-refractivity contribution < 1.29 is 23.5 Å². The van der Waals surface area contributed by atoms with Gasteiger partial charge in [-0.2, -0.15) is 0 Å². The smallest absolute Gasteiger partial charge is 0.352 e. The fourth-order valence-electron chi connectivity index (χ4n) is 3.56. The Morgan fingerprint density at radius 3 is 2.56 bits per heavy atom. The van der Waals surface area contributed by atoms with E-state index in [0.717, 1.165) is 11.1 Å². The molecule has 0 aliphatic rings. The molecule has 0 aliphatic carbocycles. The average molecular weight is 506 g/mol. The molecule has 1 unspecified atom stereocenters. The lowest BCUT2D eigenvalue weighted by Gasteiger charge is -2.15. The number of hydrogen-bond donors (Lipinski definition) is 1. The second-order valence-electron chi connectivity index (χ2n) is 8.23. The van der Waals surface area contributed by atoms with E-state index in [4.69, 9.17) is 25.5 Å². The van der Waals surface area contributed by atoms with Crippen molar-refractivity contribution >= 4 is 34.4 Å². The molecule has 0 saturated carbocycles. The lowest BCUT2D eigenvalue weighted by atomic mass is 10.1. The van der Waals surface area contributed by atoms with Crippen molar-refractivity contribution in [2.75, 3.05) is 6.54 Å². The van der Waals surface area contributed by atoms with Gasteiger partial charge in [0.2, 0.25) is 0 Å². The fraction of sp³-hybridized carbons (Fsp3) is 0.179. The number of aryl methyl sites for hydroxylation is 1.